The molecule has 1 aliphatic heterocycles. The molecule has 3 rings (SSSR count). The van der Waals surface area contributed by atoms with Crippen LogP contribution >= 0.6 is 11.6 Å². The van der Waals surface area contributed by atoms with E-state index in [1.165, 1.54) is 7.05 Å². The average Bonchev–Trinajstić information content (AvgIpc) is 2.87. The summed E-state index contributed by atoms with van der Waals surface area (Å²) in [6.45, 7) is -0.539. The van der Waals surface area contributed by atoms with Crippen LogP contribution in [0.2, 0.25) is 5.28 Å². The van der Waals surface area contributed by atoms with Crippen LogP contribution in [0.3, 0.4) is 0 Å². The first-order chi connectivity index (χ1) is 10.4. The zero-order chi connectivity index (χ0) is 16.2. The number of nitrogens with one attached hydrogen (secondary N) is 1. The first kappa shape index (κ1) is 15.2. The third kappa shape index (κ3) is 2.00. The van der Waals surface area contributed by atoms with Gasteiger partial charge < -0.3 is 20.1 Å². The molecular weight excluding hydrogens is 320 g/mol. The smallest absolute Gasteiger partial charge is 0.332 e. The number of halogens is 1. The van der Waals surface area contributed by atoms with Crippen LogP contribution < -0.4 is 11.2 Å². The minimum atomic E-state index is -1.47. The number of fused-ring (bicyclic) bond motifs is 1. The van der Waals surface area contributed by atoms with Crippen LogP contribution in [0.5, 0.6) is 0 Å². The summed E-state index contributed by atoms with van der Waals surface area (Å²) in [6.07, 6.45) is -5.21. The Balaban J connectivity index is 2.26. The highest BCUT2D eigenvalue weighted by atomic mass is 35.5. The van der Waals surface area contributed by atoms with Crippen molar-refractivity contribution >= 4 is 22.8 Å². The molecule has 3 heterocycles. The number of ether oxygens (including phenoxy) is 1. The average molecular weight is 333 g/mol. The molecular formula is C11H13ClN4O6. The van der Waals surface area contributed by atoms with Gasteiger partial charge in [0.25, 0.3) is 5.56 Å². The third-order valence-electron chi connectivity index (χ3n) is 3.68. The van der Waals surface area contributed by atoms with E-state index in [0.717, 1.165) is 9.13 Å². The van der Waals surface area contributed by atoms with Crippen molar-refractivity contribution in [1.82, 2.24) is 19.1 Å². The quantitative estimate of drug-likeness (QED) is 0.452. The Bertz CT molecular complexity index is 841. The summed E-state index contributed by atoms with van der Waals surface area (Å²) in [6, 6.07) is 0. The first-order valence-electron chi connectivity index (χ1n) is 6.36. The van der Waals surface area contributed by atoms with Gasteiger partial charge in [0.15, 0.2) is 17.4 Å². The zero-order valence-corrected chi connectivity index (χ0v) is 12.1. The highest BCUT2D eigenvalue weighted by molar-refractivity contribution is 6.28. The van der Waals surface area contributed by atoms with Crippen LogP contribution in [0.25, 0.3) is 11.2 Å². The Morgan fingerprint density at radius 2 is 2.05 bits per heavy atom. The summed E-state index contributed by atoms with van der Waals surface area (Å²) in [7, 11) is 1.35. The lowest BCUT2D eigenvalue weighted by Gasteiger charge is -2.15. The second-order valence-electron chi connectivity index (χ2n) is 4.97. The number of aliphatic hydroxyl groups excluding tert-OH is 3. The molecule has 22 heavy (non-hydrogen) atoms. The summed E-state index contributed by atoms with van der Waals surface area (Å²) in [5.41, 5.74) is -1.44. The number of aliphatic hydroxyl groups is 3. The first-order valence-corrected chi connectivity index (χ1v) is 6.73. The van der Waals surface area contributed by atoms with E-state index in [1.54, 1.807) is 0 Å². The fraction of sp³-hybridized carbons (Fsp3) is 0.545. The normalized spacial score (nSPS) is 28.6. The third-order valence-corrected chi connectivity index (χ3v) is 3.85. The molecule has 0 amide bonds. The summed E-state index contributed by atoms with van der Waals surface area (Å²) < 4.78 is 7.27. The van der Waals surface area contributed by atoms with E-state index in [1.807, 2.05) is 0 Å². The number of aromatic amines is 1. The van der Waals surface area contributed by atoms with Gasteiger partial charge in [-0.2, -0.15) is 4.98 Å². The summed E-state index contributed by atoms with van der Waals surface area (Å²) in [4.78, 5) is 30.4. The van der Waals surface area contributed by atoms with Gasteiger partial charge in [-0.3, -0.25) is 14.3 Å². The molecule has 120 valence electrons. The van der Waals surface area contributed by atoms with Crippen molar-refractivity contribution in [3.8, 4) is 0 Å². The van der Waals surface area contributed by atoms with Crippen molar-refractivity contribution in [2.75, 3.05) is 6.61 Å². The zero-order valence-electron chi connectivity index (χ0n) is 11.3. The van der Waals surface area contributed by atoms with E-state index in [9.17, 15) is 19.8 Å². The Kier molecular flexibility index (Phi) is 3.57. The number of aromatic nitrogens is 4. The van der Waals surface area contributed by atoms with Crippen LogP contribution in [0, 0.1) is 0 Å². The molecule has 11 heteroatoms. The van der Waals surface area contributed by atoms with E-state index in [2.05, 4.69) is 9.97 Å². The predicted molar refractivity (Wildman–Crippen MR) is 73.6 cm³/mol. The van der Waals surface area contributed by atoms with Gasteiger partial charge in [-0.1, -0.05) is 0 Å². The Hall–Kier alpha value is -1.72. The Morgan fingerprint density at radius 1 is 1.36 bits per heavy atom. The molecule has 0 aromatic carbocycles. The summed E-state index contributed by atoms with van der Waals surface area (Å²) in [5, 5.41) is 28.7. The largest absolute Gasteiger partial charge is 0.394 e. The molecule has 0 spiro atoms. The van der Waals surface area contributed by atoms with Gasteiger partial charge in [0.05, 0.1) is 6.61 Å². The second kappa shape index (κ2) is 5.18. The van der Waals surface area contributed by atoms with Gasteiger partial charge in [-0.15, -0.1) is 0 Å². The lowest BCUT2D eigenvalue weighted by Crippen LogP contribution is -2.35. The van der Waals surface area contributed by atoms with Gasteiger partial charge in [0.2, 0.25) is 5.28 Å². The van der Waals surface area contributed by atoms with Crippen molar-refractivity contribution < 1.29 is 20.1 Å². The van der Waals surface area contributed by atoms with E-state index in [0.29, 0.717) is 0 Å². The predicted octanol–water partition coefficient (Wildman–Crippen LogP) is -2.31. The van der Waals surface area contributed by atoms with Gasteiger partial charge >= 0.3 is 5.69 Å². The number of hydrogen-bond acceptors (Lipinski definition) is 7. The lowest BCUT2D eigenvalue weighted by atomic mass is 10.1. The molecule has 0 saturated carbocycles. The highest BCUT2D eigenvalue weighted by Crippen LogP contribution is 2.30. The molecule has 10 nitrogen and oxygen atoms in total. The van der Waals surface area contributed by atoms with E-state index >= 15 is 0 Å². The number of hydrogen-bond donors (Lipinski definition) is 4. The van der Waals surface area contributed by atoms with Crippen LogP contribution in [0.4, 0.5) is 0 Å². The molecule has 2 aromatic rings. The van der Waals surface area contributed by atoms with Crippen molar-refractivity contribution in [1.29, 1.82) is 0 Å². The lowest BCUT2D eigenvalue weighted by molar-refractivity contribution is -0.0527. The number of aryl methyl sites for hydroxylation is 1. The minimum Gasteiger partial charge on any atom is -0.394 e. The molecule has 1 fully saturated rings. The van der Waals surface area contributed by atoms with Crippen LogP contribution in [-0.4, -0.2) is 59.3 Å². The van der Waals surface area contributed by atoms with Crippen LogP contribution in [0.1, 0.15) is 6.23 Å². The molecule has 4 N–H and O–H groups in total. The Labute approximate surface area is 127 Å². The van der Waals surface area contributed by atoms with E-state index in [4.69, 9.17) is 21.4 Å². The molecule has 1 aliphatic rings. The molecule has 1 saturated heterocycles. The van der Waals surface area contributed by atoms with Crippen LogP contribution in [-0.2, 0) is 11.8 Å². The monoisotopic (exact) mass is 332 g/mol. The highest BCUT2D eigenvalue weighted by Gasteiger charge is 2.45. The van der Waals surface area contributed by atoms with Crippen molar-refractivity contribution in [3.05, 3.63) is 26.1 Å². The summed E-state index contributed by atoms with van der Waals surface area (Å²) in [5.74, 6) is 0. The summed E-state index contributed by atoms with van der Waals surface area (Å²) >= 11 is 5.70. The standard InChI is InChI=1S/C11H13ClN4O6/c1-15-4-7(13-10(12)14-8(4)20)16(11(15)21)9-6(19)5(18)3(2-17)22-9/h3,5-6,9,17-19H,2H2,1H3,(H,13,14,20)/t3-,5-,6-,9-/m1/s1. The van der Waals surface area contributed by atoms with Gasteiger partial charge in [0.1, 0.15) is 18.3 Å². The van der Waals surface area contributed by atoms with E-state index < -0.39 is 42.4 Å². The maximum Gasteiger partial charge on any atom is 0.332 e. The van der Waals surface area contributed by atoms with E-state index in [-0.39, 0.29) is 16.4 Å². The van der Waals surface area contributed by atoms with Gasteiger partial charge in [-0.05, 0) is 11.6 Å². The minimum absolute atomic E-state index is 0.0489. The topological polar surface area (TPSA) is 143 Å². The van der Waals surface area contributed by atoms with Gasteiger partial charge in [-0.25, -0.2) is 9.36 Å². The number of imidazole rings is 1. The Morgan fingerprint density at radius 3 is 2.64 bits per heavy atom. The van der Waals surface area contributed by atoms with Crippen molar-refractivity contribution in [2.24, 2.45) is 7.05 Å². The van der Waals surface area contributed by atoms with Crippen LogP contribution in [0.15, 0.2) is 9.59 Å². The molecule has 0 aliphatic carbocycles. The fourth-order valence-electron chi connectivity index (χ4n) is 2.57. The number of H-pyrrole nitrogens is 1. The molecule has 0 unspecified atom stereocenters. The molecule has 2 aromatic heterocycles. The SMILES string of the molecule is Cn1c(=O)n([C@@H]2O[C@H](CO)[C@@H](O)[C@H]2O)c2nc(Cl)[nH]c(=O)c21. The maximum absolute atomic E-state index is 12.3. The molecule has 0 radical (unpaired) electrons. The second-order valence-corrected chi connectivity index (χ2v) is 5.33. The van der Waals surface area contributed by atoms with Crippen molar-refractivity contribution in [3.63, 3.8) is 0 Å². The maximum atomic E-state index is 12.3. The molecule has 0 bridgehead atoms. The van der Waals surface area contributed by atoms with Gasteiger partial charge in [0, 0.05) is 7.05 Å². The fourth-order valence-corrected chi connectivity index (χ4v) is 2.73. The molecule has 4 atom stereocenters. The number of nitrogens with zero attached hydrogens (tertiary/aromatic N) is 3. The number of rotatable bonds is 2. The van der Waals surface area contributed by atoms with Crippen molar-refractivity contribution in [2.45, 2.75) is 24.5 Å².